The molecule has 0 N–H and O–H groups in total. The summed E-state index contributed by atoms with van der Waals surface area (Å²) in [4.78, 5) is 12.8. The minimum absolute atomic E-state index is 0.587. The Morgan fingerprint density at radius 2 is 2.25 bits per heavy atom. The van der Waals surface area contributed by atoms with Crippen LogP contribution in [-0.2, 0) is 4.74 Å². The summed E-state index contributed by atoms with van der Waals surface area (Å²) in [6.45, 7) is 3.97. The van der Waals surface area contributed by atoms with Crippen molar-refractivity contribution in [2.75, 3.05) is 31.7 Å². The van der Waals surface area contributed by atoms with Crippen LogP contribution in [0.5, 0.6) is 0 Å². The molecule has 16 heavy (non-hydrogen) atoms. The van der Waals surface area contributed by atoms with Crippen molar-refractivity contribution in [2.24, 2.45) is 0 Å². The summed E-state index contributed by atoms with van der Waals surface area (Å²) in [6.07, 6.45) is 0.818. The van der Waals surface area contributed by atoms with Crippen molar-refractivity contribution in [3.63, 3.8) is 0 Å². The van der Waals surface area contributed by atoms with E-state index in [0.29, 0.717) is 30.3 Å². The van der Waals surface area contributed by atoms with Gasteiger partial charge in [-0.25, -0.2) is 0 Å². The molecule has 0 heterocycles. The summed E-state index contributed by atoms with van der Waals surface area (Å²) in [5.74, 6) is 0. The van der Waals surface area contributed by atoms with Crippen LogP contribution in [-0.4, -0.2) is 33.1 Å². The topological polar surface area (TPSA) is 29.5 Å². The molecule has 0 bridgehead atoms. The Labute approximate surface area is 101 Å². The van der Waals surface area contributed by atoms with E-state index in [1.54, 1.807) is 18.2 Å². The monoisotopic (exact) mass is 241 g/mol. The lowest BCUT2D eigenvalue weighted by molar-refractivity contribution is 0.112. The Hall–Kier alpha value is -1.06. The first-order valence-electron chi connectivity index (χ1n) is 5.23. The van der Waals surface area contributed by atoms with Gasteiger partial charge in [0.25, 0.3) is 0 Å². The van der Waals surface area contributed by atoms with Gasteiger partial charge < -0.3 is 9.64 Å². The first kappa shape index (κ1) is 13.0. The normalized spacial score (nSPS) is 10.2. The molecule has 0 aliphatic heterocycles. The molecule has 0 saturated heterocycles. The largest absolute Gasteiger partial charge is 0.380 e. The van der Waals surface area contributed by atoms with Gasteiger partial charge in [0.1, 0.15) is 0 Å². The quantitative estimate of drug-likeness (QED) is 0.567. The molecule has 0 atom stereocenters. The van der Waals surface area contributed by atoms with Gasteiger partial charge in [-0.1, -0.05) is 17.7 Å². The molecule has 0 aromatic heterocycles. The molecule has 0 unspecified atom stereocenters. The summed E-state index contributed by atoms with van der Waals surface area (Å²) in [6, 6.07) is 5.30. The van der Waals surface area contributed by atoms with Gasteiger partial charge >= 0.3 is 0 Å². The standard InChI is InChI=1S/C12H16ClNO2/c1-3-16-8-7-14(2)12-10(9-15)5-4-6-11(12)13/h4-6,9H,3,7-8H2,1-2H3. The number of rotatable bonds is 6. The second-order valence-corrected chi connectivity index (χ2v) is 3.82. The summed E-state index contributed by atoms with van der Waals surface area (Å²) in [5, 5.41) is 0.587. The van der Waals surface area contributed by atoms with E-state index < -0.39 is 0 Å². The van der Waals surface area contributed by atoms with E-state index in [-0.39, 0.29) is 0 Å². The van der Waals surface area contributed by atoms with Crippen LogP contribution >= 0.6 is 11.6 Å². The molecule has 0 amide bonds. The molecule has 4 heteroatoms. The minimum Gasteiger partial charge on any atom is -0.380 e. The van der Waals surface area contributed by atoms with E-state index >= 15 is 0 Å². The second kappa shape index (κ2) is 6.51. The number of halogens is 1. The average Bonchev–Trinajstić information content (AvgIpc) is 2.28. The van der Waals surface area contributed by atoms with Gasteiger partial charge in [-0.3, -0.25) is 4.79 Å². The van der Waals surface area contributed by atoms with E-state index in [4.69, 9.17) is 16.3 Å². The van der Waals surface area contributed by atoms with E-state index in [9.17, 15) is 4.79 Å². The molecule has 3 nitrogen and oxygen atoms in total. The van der Waals surface area contributed by atoms with Gasteiger partial charge in [0.2, 0.25) is 0 Å². The number of carbonyl (C=O) groups is 1. The van der Waals surface area contributed by atoms with E-state index in [2.05, 4.69) is 0 Å². The second-order valence-electron chi connectivity index (χ2n) is 3.41. The number of para-hydroxylation sites is 1. The Morgan fingerprint density at radius 1 is 1.50 bits per heavy atom. The lowest BCUT2D eigenvalue weighted by Crippen LogP contribution is -2.24. The number of hydrogen-bond donors (Lipinski definition) is 0. The summed E-state index contributed by atoms with van der Waals surface area (Å²) < 4.78 is 5.27. The van der Waals surface area contributed by atoms with Crippen LogP contribution in [0.2, 0.25) is 5.02 Å². The fourth-order valence-electron chi connectivity index (χ4n) is 1.49. The van der Waals surface area contributed by atoms with Crippen molar-refractivity contribution in [2.45, 2.75) is 6.92 Å². The molecule has 0 aliphatic rings. The zero-order valence-electron chi connectivity index (χ0n) is 9.57. The number of benzene rings is 1. The fourth-order valence-corrected chi connectivity index (χ4v) is 1.81. The third-order valence-electron chi connectivity index (χ3n) is 2.30. The van der Waals surface area contributed by atoms with Crippen molar-refractivity contribution in [1.29, 1.82) is 0 Å². The fraction of sp³-hybridized carbons (Fsp3) is 0.417. The maximum atomic E-state index is 10.9. The van der Waals surface area contributed by atoms with Gasteiger partial charge in [-0.2, -0.15) is 0 Å². The Balaban J connectivity index is 2.80. The van der Waals surface area contributed by atoms with Gasteiger partial charge in [-0.15, -0.1) is 0 Å². The van der Waals surface area contributed by atoms with Gasteiger partial charge in [0, 0.05) is 25.8 Å². The van der Waals surface area contributed by atoms with Crippen LogP contribution in [0.1, 0.15) is 17.3 Å². The predicted octanol–water partition coefficient (Wildman–Crippen LogP) is 2.63. The van der Waals surface area contributed by atoms with Gasteiger partial charge in [0.05, 0.1) is 17.3 Å². The highest BCUT2D eigenvalue weighted by molar-refractivity contribution is 6.33. The first-order valence-corrected chi connectivity index (χ1v) is 5.61. The number of aldehydes is 1. The molecule has 0 aliphatic carbocycles. The smallest absolute Gasteiger partial charge is 0.152 e. The molecule has 1 aromatic carbocycles. The number of hydrogen-bond acceptors (Lipinski definition) is 3. The van der Waals surface area contributed by atoms with E-state index in [0.717, 1.165) is 12.0 Å². The predicted molar refractivity (Wildman–Crippen MR) is 66.6 cm³/mol. The highest BCUT2D eigenvalue weighted by atomic mass is 35.5. The van der Waals surface area contributed by atoms with Crippen molar-refractivity contribution in [1.82, 2.24) is 0 Å². The lowest BCUT2D eigenvalue weighted by Gasteiger charge is -2.21. The maximum Gasteiger partial charge on any atom is 0.152 e. The zero-order valence-corrected chi connectivity index (χ0v) is 10.3. The number of ether oxygens (including phenoxy) is 1. The number of carbonyl (C=O) groups excluding carboxylic acids is 1. The Bertz CT molecular complexity index is 355. The van der Waals surface area contributed by atoms with E-state index in [1.807, 2.05) is 18.9 Å². The van der Waals surface area contributed by atoms with Crippen molar-refractivity contribution < 1.29 is 9.53 Å². The molecule has 0 saturated carbocycles. The molecular formula is C12H16ClNO2. The molecular weight excluding hydrogens is 226 g/mol. The SMILES string of the molecule is CCOCCN(C)c1c(Cl)cccc1C=O. The summed E-state index contributed by atoms with van der Waals surface area (Å²) in [5.41, 5.74) is 1.37. The zero-order chi connectivity index (χ0) is 12.0. The van der Waals surface area contributed by atoms with Crippen LogP contribution in [0.3, 0.4) is 0 Å². The Kier molecular flexibility index (Phi) is 5.29. The van der Waals surface area contributed by atoms with Crippen LogP contribution in [0.25, 0.3) is 0 Å². The number of nitrogens with zero attached hydrogens (tertiary/aromatic N) is 1. The van der Waals surface area contributed by atoms with Crippen LogP contribution in [0, 0.1) is 0 Å². The lowest BCUT2D eigenvalue weighted by atomic mass is 10.2. The summed E-state index contributed by atoms with van der Waals surface area (Å²) in [7, 11) is 1.90. The molecule has 1 rings (SSSR count). The average molecular weight is 242 g/mol. The van der Waals surface area contributed by atoms with Crippen molar-refractivity contribution in [3.8, 4) is 0 Å². The molecule has 0 radical (unpaired) electrons. The Morgan fingerprint density at radius 3 is 2.88 bits per heavy atom. The van der Waals surface area contributed by atoms with Crippen LogP contribution in [0.15, 0.2) is 18.2 Å². The van der Waals surface area contributed by atoms with Crippen molar-refractivity contribution >= 4 is 23.6 Å². The van der Waals surface area contributed by atoms with Crippen LogP contribution in [0.4, 0.5) is 5.69 Å². The minimum atomic E-state index is 0.587. The number of anilines is 1. The van der Waals surface area contributed by atoms with Gasteiger partial charge in [-0.05, 0) is 19.1 Å². The molecule has 0 fully saturated rings. The maximum absolute atomic E-state index is 10.9. The third-order valence-corrected chi connectivity index (χ3v) is 2.61. The highest BCUT2D eigenvalue weighted by Gasteiger charge is 2.10. The van der Waals surface area contributed by atoms with E-state index in [1.165, 1.54) is 0 Å². The summed E-state index contributed by atoms with van der Waals surface area (Å²) >= 11 is 6.07. The molecule has 0 spiro atoms. The highest BCUT2D eigenvalue weighted by Crippen LogP contribution is 2.27. The van der Waals surface area contributed by atoms with Gasteiger partial charge in [0.15, 0.2) is 6.29 Å². The molecule has 1 aromatic rings. The molecule has 88 valence electrons. The first-order chi connectivity index (χ1) is 7.70. The third kappa shape index (κ3) is 3.22. The van der Waals surface area contributed by atoms with Crippen molar-refractivity contribution in [3.05, 3.63) is 28.8 Å². The number of likely N-dealkylation sites (N-methyl/N-ethyl adjacent to an activating group) is 1. The van der Waals surface area contributed by atoms with Crippen LogP contribution < -0.4 is 4.90 Å².